The summed E-state index contributed by atoms with van der Waals surface area (Å²) in [4.78, 5) is 0.149. The fourth-order valence-corrected chi connectivity index (χ4v) is 3.64. The topological polar surface area (TPSA) is 55.4 Å². The number of anilines is 1. The van der Waals surface area contributed by atoms with E-state index in [1.165, 1.54) is 25.3 Å². The van der Waals surface area contributed by atoms with Crippen LogP contribution in [0.4, 0.5) is 10.1 Å². The molecule has 0 aliphatic heterocycles. The van der Waals surface area contributed by atoms with E-state index in [0.29, 0.717) is 16.8 Å². The van der Waals surface area contributed by atoms with E-state index >= 15 is 0 Å². The monoisotopic (exact) mass is 357 g/mol. The van der Waals surface area contributed by atoms with Crippen molar-refractivity contribution in [1.29, 1.82) is 0 Å². The Kier molecular flexibility index (Phi) is 4.72. The van der Waals surface area contributed by atoms with Crippen molar-refractivity contribution < 1.29 is 17.5 Å². The van der Waals surface area contributed by atoms with Gasteiger partial charge in [-0.15, -0.1) is 0 Å². The van der Waals surface area contributed by atoms with Gasteiger partial charge in [0, 0.05) is 11.1 Å². The van der Waals surface area contributed by atoms with Gasteiger partial charge in [0.05, 0.1) is 17.7 Å². The fourth-order valence-electron chi connectivity index (χ4n) is 2.54. The van der Waals surface area contributed by atoms with Crippen LogP contribution < -0.4 is 9.46 Å². The first-order valence-electron chi connectivity index (χ1n) is 7.52. The number of nitrogens with one attached hydrogen (secondary N) is 1. The normalized spacial score (nSPS) is 11.1. The standard InChI is InChI=1S/C19H16FNO3S/c1-24-19-16(11-7-12-17(19)20)15-10-5-6-13-18(15)21-25(22,23)14-8-3-2-4-9-14/h2-13,21H,1H3. The highest BCUT2D eigenvalue weighted by Gasteiger charge is 2.18. The molecule has 6 heteroatoms. The summed E-state index contributed by atoms with van der Waals surface area (Å²) in [5, 5.41) is 0. The third kappa shape index (κ3) is 3.49. The molecule has 0 bridgehead atoms. The molecule has 4 nitrogen and oxygen atoms in total. The van der Waals surface area contributed by atoms with E-state index in [2.05, 4.69) is 4.72 Å². The zero-order valence-electron chi connectivity index (χ0n) is 13.4. The fraction of sp³-hybridized carbons (Fsp3) is 0.0526. The Labute approximate surface area is 146 Å². The van der Waals surface area contributed by atoms with Gasteiger partial charge in [-0.1, -0.05) is 48.5 Å². The van der Waals surface area contributed by atoms with Crippen molar-refractivity contribution in [3.63, 3.8) is 0 Å². The lowest BCUT2D eigenvalue weighted by molar-refractivity contribution is 0.388. The van der Waals surface area contributed by atoms with Gasteiger partial charge < -0.3 is 4.74 Å². The Morgan fingerprint density at radius 2 is 1.48 bits per heavy atom. The second kappa shape index (κ2) is 6.94. The first kappa shape index (κ1) is 17.0. The molecule has 0 atom stereocenters. The van der Waals surface area contributed by atoms with Crippen LogP contribution in [0.5, 0.6) is 5.75 Å². The molecule has 0 aliphatic rings. The molecule has 0 fully saturated rings. The molecule has 0 spiro atoms. The van der Waals surface area contributed by atoms with E-state index in [-0.39, 0.29) is 10.6 Å². The SMILES string of the molecule is COc1c(F)cccc1-c1ccccc1NS(=O)(=O)c1ccccc1. The average Bonchev–Trinajstić information content (AvgIpc) is 2.62. The summed E-state index contributed by atoms with van der Waals surface area (Å²) in [6, 6.07) is 19.4. The van der Waals surface area contributed by atoms with Gasteiger partial charge in [0.25, 0.3) is 10.0 Å². The van der Waals surface area contributed by atoms with Crippen LogP contribution in [0.3, 0.4) is 0 Å². The predicted molar refractivity (Wildman–Crippen MR) is 95.6 cm³/mol. The van der Waals surface area contributed by atoms with Gasteiger partial charge in [0.1, 0.15) is 0 Å². The number of sulfonamides is 1. The van der Waals surface area contributed by atoms with Crippen LogP contribution in [-0.2, 0) is 10.0 Å². The van der Waals surface area contributed by atoms with Gasteiger partial charge in [0.15, 0.2) is 11.6 Å². The number of methoxy groups -OCH3 is 1. The molecule has 3 aromatic carbocycles. The number of hydrogen-bond donors (Lipinski definition) is 1. The van der Waals surface area contributed by atoms with E-state index in [1.807, 2.05) is 0 Å². The summed E-state index contributed by atoms with van der Waals surface area (Å²) < 4.78 is 46.9. The lowest BCUT2D eigenvalue weighted by atomic mass is 10.0. The van der Waals surface area contributed by atoms with Crippen molar-refractivity contribution in [3.05, 3.63) is 78.6 Å². The average molecular weight is 357 g/mol. The summed E-state index contributed by atoms with van der Waals surface area (Å²) >= 11 is 0. The van der Waals surface area contributed by atoms with E-state index < -0.39 is 15.8 Å². The molecule has 0 aliphatic carbocycles. The minimum absolute atomic E-state index is 0.0638. The van der Waals surface area contributed by atoms with Gasteiger partial charge in [-0.05, 0) is 24.3 Å². The minimum atomic E-state index is -3.76. The molecule has 3 rings (SSSR count). The van der Waals surface area contributed by atoms with Gasteiger partial charge in [-0.3, -0.25) is 4.72 Å². The molecule has 1 N–H and O–H groups in total. The molecule has 0 heterocycles. The van der Waals surface area contributed by atoms with Gasteiger partial charge in [-0.2, -0.15) is 0 Å². The molecule has 3 aromatic rings. The van der Waals surface area contributed by atoms with Crippen LogP contribution in [0.15, 0.2) is 77.7 Å². The maximum Gasteiger partial charge on any atom is 0.261 e. The number of halogens is 1. The number of benzene rings is 3. The molecule has 25 heavy (non-hydrogen) atoms. The Morgan fingerprint density at radius 1 is 0.840 bits per heavy atom. The van der Waals surface area contributed by atoms with Gasteiger partial charge >= 0.3 is 0 Å². The van der Waals surface area contributed by atoms with Crippen molar-refractivity contribution in [2.24, 2.45) is 0 Å². The summed E-state index contributed by atoms with van der Waals surface area (Å²) in [5.74, 6) is -0.449. The smallest absolute Gasteiger partial charge is 0.261 e. The maximum absolute atomic E-state index is 14.0. The zero-order chi connectivity index (χ0) is 17.9. The second-order valence-electron chi connectivity index (χ2n) is 5.28. The molecule has 0 aromatic heterocycles. The summed E-state index contributed by atoms with van der Waals surface area (Å²) in [7, 11) is -2.38. The molecule has 0 saturated carbocycles. The van der Waals surface area contributed by atoms with E-state index in [1.54, 1.807) is 54.6 Å². The van der Waals surface area contributed by atoms with Crippen molar-refractivity contribution in [2.75, 3.05) is 11.8 Å². The summed E-state index contributed by atoms with van der Waals surface area (Å²) in [5.41, 5.74) is 1.34. The summed E-state index contributed by atoms with van der Waals surface area (Å²) in [6.45, 7) is 0. The third-order valence-corrected chi connectivity index (χ3v) is 5.07. The van der Waals surface area contributed by atoms with Crippen molar-refractivity contribution in [2.45, 2.75) is 4.90 Å². The Morgan fingerprint density at radius 3 is 2.20 bits per heavy atom. The highest BCUT2D eigenvalue weighted by Crippen LogP contribution is 2.37. The first-order valence-corrected chi connectivity index (χ1v) is 9.01. The molecule has 0 amide bonds. The molecular weight excluding hydrogens is 341 g/mol. The first-order chi connectivity index (χ1) is 12.0. The summed E-state index contributed by atoms with van der Waals surface area (Å²) in [6.07, 6.45) is 0. The Bertz CT molecular complexity index is 989. The number of para-hydroxylation sites is 2. The number of ether oxygens (including phenoxy) is 1. The molecule has 128 valence electrons. The van der Waals surface area contributed by atoms with E-state index in [0.717, 1.165) is 0 Å². The zero-order valence-corrected chi connectivity index (χ0v) is 14.3. The highest BCUT2D eigenvalue weighted by atomic mass is 32.2. The van der Waals surface area contributed by atoms with Crippen molar-refractivity contribution in [1.82, 2.24) is 0 Å². The Balaban J connectivity index is 2.08. The third-order valence-electron chi connectivity index (χ3n) is 3.69. The van der Waals surface area contributed by atoms with Crippen LogP contribution in [0.25, 0.3) is 11.1 Å². The van der Waals surface area contributed by atoms with Crippen LogP contribution in [0, 0.1) is 5.82 Å². The minimum Gasteiger partial charge on any atom is -0.493 e. The molecule has 0 unspecified atom stereocenters. The lowest BCUT2D eigenvalue weighted by Crippen LogP contribution is -2.13. The largest absolute Gasteiger partial charge is 0.493 e. The molecule has 0 saturated heterocycles. The maximum atomic E-state index is 14.0. The van der Waals surface area contributed by atoms with Crippen LogP contribution >= 0.6 is 0 Å². The van der Waals surface area contributed by atoms with Gasteiger partial charge in [0.2, 0.25) is 0 Å². The van der Waals surface area contributed by atoms with Crippen molar-refractivity contribution in [3.8, 4) is 16.9 Å². The van der Waals surface area contributed by atoms with Crippen LogP contribution in [0.1, 0.15) is 0 Å². The quantitative estimate of drug-likeness (QED) is 0.741. The lowest BCUT2D eigenvalue weighted by Gasteiger charge is -2.15. The number of hydrogen-bond acceptors (Lipinski definition) is 3. The highest BCUT2D eigenvalue weighted by molar-refractivity contribution is 7.92. The van der Waals surface area contributed by atoms with E-state index in [9.17, 15) is 12.8 Å². The molecule has 0 radical (unpaired) electrons. The van der Waals surface area contributed by atoms with Gasteiger partial charge in [-0.25, -0.2) is 12.8 Å². The van der Waals surface area contributed by atoms with Crippen LogP contribution in [-0.4, -0.2) is 15.5 Å². The van der Waals surface area contributed by atoms with Crippen LogP contribution in [0.2, 0.25) is 0 Å². The Hall–Kier alpha value is -2.86. The number of rotatable bonds is 5. The predicted octanol–water partition coefficient (Wildman–Crippen LogP) is 4.30. The van der Waals surface area contributed by atoms with Crippen molar-refractivity contribution >= 4 is 15.7 Å². The molecular formula is C19H16FNO3S. The van der Waals surface area contributed by atoms with E-state index in [4.69, 9.17) is 4.74 Å². The second-order valence-corrected chi connectivity index (χ2v) is 6.97.